The van der Waals surface area contributed by atoms with Crippen LogP contribution in [0.5, 0.6) is 0 Å². The van der Waals surface area contributed by atoms with Gasteiger partial charge in [0, 0.05) is 18.3 Å². The molecular formula is C18H25N3O3. The van der Waals surface area contributed by atoms with E-state index in [2.05, 4.69) is 34.6 Å². The molecule has 2 atom stereocenters. The molecule has 130 valence electrons. The summed E-state index contributed by atoms with van der Waals surface area (Å²) in [5.41, 5.74) is 2.24. The molecule has 0 bridgehead atoms. The number of nitrogens with zero attached hydrogens (tertiary/aromatic N) is 1. The summed E-state index contributed by atoms with van der Waals surface area (Å²) in [5.74, 6) is -0.395. The molecule has 1 aliphatic rings. The number of likely N-dealkylation sites (N-methyl/N-ethyl adjacent to an activating group) is 1. The highest BCUT2D eigenvalue weighted by Gasteiger charge is 2.30. The van der Waals surface area contributed by atoms with E-state index in [0.29, 0.717) is 24.4 Å². The van der Waals surface area contributed by atoms with Crippen LogP contribution in [0.4, 0.5) is 4.79 Å². The van der Waals surface area contributed by atoms with Gasteiger partial charge in [-0.05, 0) is 33.4 Å². The first-order chi connectivity index (χ1) is 11.4. The summed E-state index contributed by atoms with van der Waals surface area (Å²) in [6.07, 6.45) is 0. The summed E-state index contributed by atoms with van der Waals surface area (Å²) >= 11 is 0. The fraction of sp³-hybridized carbons (Fsp3) is 0.444. The standard InChI is InChI=1S/C18H25N3O3/c1-5-24-17(22)16-12(2)19-18(23)20-15(16)11-21(4)13(3)14-9-7-6-8-10-14/h6-10,12-13H,5,11H2,1-4H3,(H2,19,20,23)/t12-,13-/m1/s1. The van der Waals surface area contributed by atoms with Crippen LogP contribution in [-0.2, 0) is 9.53 Å². The maximum Gasteiger partial charge on any atom is 0.337 e. The third-order valence-electron chi connectivity index (χ3n) is 4.22. The van der Waals surface area contributed by atoms with Crippen molar-refractivity contribution >= 4 is 12.0 Å². The first-order valence-electron chi connectivity index (χ1n) is 8.16. The zero-order valence-corrected chi connectivity index (χ0v) is 14.6. The number of esters is 1. The van der Waals surface area contributed by atoms with Gasteiger partial charge >= 0.3 is 12.0 Å². The monoisotopic (exact) mass is 331 g/mol. The number of ether oxygens (including phenoxy) is 1. The molecule has 1 aromatic rings. The van der Waals surface area contributed by atoms with Gasteiger partial charge in [0.25, 0.3) is 0 Å². The van der Waals surface area contributed by atoms with Gasteiger partial charge in [-0.2, -0.15) is 0 Å². The highest BCUT2D eigenvalue weighted by Crippen LogP contribution is 2.21. The largest absolute Gasteiger partial charge is 0.463 e. The van der Waals surface area contributed by atoms with E-state index in [-0.39, 0.29) is 18.1 Å². The lowest BCUT2D eigenvalue weighted by atomic mass is 10.0. The maximum absolute atomic E-state index is 12.3. The van der Waals surface area contributed by atoms with E-state index in [0.717, 1.165) is 0 Å². The molecule has 2 N–H and O–H groups in total. The summed E-state index contributed by atoms with van der Waals surface area (Å²) in [6, 6.07) is 9.56. The second kappa shape index (κ2) is 7.97. The fourth-order valence-electron chi connectivity index (χ4n) is 2.78. The molecule has 2 amide bonds. The summed E-state index contributed by atoms with van der Waals surface area (Å²) in [7, 11) is 1.96. The van der Waals surface area contributed by atoms with Gasteiger partial charge in [-0.1, -0.05) is 30.3 Å². The Labute approximate surface area is 142 Å². The van der Waals surface area contributed by atoms with Crippen LogP contribution in [0.3, 0.4) is 0 Å². The highest BCUT2D eigenvalue weighted by molar-refractivity contribution is 5.94. The lowest BCUT2D eigenvalue weighted by Gasteiger charge is -2.31. The topological polar surface area (TPSA) is 70.7 Å². The highest BCUT2D eigenvalue weighted by atomic mass is 16.5. The number of carbonyl (C=O) groups is 2. The van der Waals surface area contributed by atoms with E-state index in [1.54, 1.807) is 13.8 Å². The second-order valence-electron chi connectivity index (χ2n) is 5.93. The van der Waals surface area contributed by atoms with Gasteiger partial charge in [0.1, 0.15) is 0 Å². The molecule has 2 rings (SSSR count). The Morgan fingerprint density at radius 2 is 2.00 bits per heavy atom. The molecule has 0 fully saturated rings. The third-order valence-corrected chi connectivity index (χ3v) is 4.22. The first-order valence-corrected chi connectivity index (χ1v) is 8.16. The number of carbonyl (C=O) groups excluding carboxylic acids is 2. The Morgan fingerprint density at radius 3 is 2.62 bits per heavy atom. The molecule has 6 nitrogen and oxygen atoms in total. The predicted molar refractivity (Wildman–Crippen MR) is 92.3 cm³/mol. The number of benzene rings is 1. The zero-order chi connectivity index (χ0) is 17.7. The average Bonchev–Trinajstić information content (AvgIpc) is 2.54. The van der Waals surface area contributed by atoms with Gasteiger partial charge in [-0.3, -0.25) is 4.90 Å². The number of hydrogen-bond donors (Lipinski definition) is 2. The Balaban J connectivity index is 2.23. The third kappa shape index (κ3) is 4.14. The van der Waals surface area contributed by atoms with Crippen molar-refractivity contribution in [1.82, 2.24) is 15.5 Å². The van der Waals surface area contributed by atoms with Crippen molar-refractivity contribution in [3.05, 3.63) is 47.2 Å². The van der Waals surface area contributed by atoms with E-state index >= 15 is 0 Å². The quantitative estimate of drug-likeness (QED) is 0.784. The van der Waals surface area contributed by atoms with Crippen LogP contribution in [0, 0.1) is 0 Å². The van der Waals surface area contributed by atoms with Crippen LogP contribution in [0.1, 0.15) is 32.4 Å². The SMILES string of the molecule is CCOC(=O)C1=C(CN(C)[C@H](C)c2ccccc2)NC(=O)N[C@@H]1C. The molecule has 0 unspecified atom stereocenters. The van der Waals surface area contributed by atoms with Gasteiger partial charge < -0.3 is 15.4 Å². The number of amides is 2. The lowest BCUT2D eigenvalue weighted by Crippen LogP contribution is -2.51. The molecule has 0 radical (unpaired) electrons. The second-order valence-corrected chi connectivity index (χ2v) is 5.93. The molecule has 1 aromatic carbocycles. The van der Waals surface area contributed by atoms with Crippen LogP contribution in [0.25, 0.3) is 0 Å². The van der Waals surface area contributed by atoms with Gasteiger partial charge in [-0.25, -0.2) is 9.59 Å². The minimum absolute atomic E-state index is 0.143. The molecule has 1 aliphatic heterocycles. The Kier molecular flexibility index (Phi) is 5.98. The van der Waals surface area contributed by atoms with Gasteiger partial charge in [0.2, 0.25) is 0 Å². The van der Waals surface area contributed by atoms with E-state index in [1.165, 1.54) is 5.56 Å². The maximum atomic E-state index is 12.3. The van der Waals surface area contributed by atoms with Crippen molar-refractivity contribution in [3.8, 4) is 0 Å². The Hall–Kier alpha value is -2.34. The molecule has 0 aliphatic carbocycles. The average molecular weight is 331 g/mol. The Bertz CT molecular complexity index is 628. The van der Waals surface area contributed by atoms with Crippen LogP contribution >= 0.6 is 0 Å². The van der Waals surface area contributed by atoms with Gasteiger partial charge in [0.15, 0.2) is 0 Å². The first kappa shape index (κ1) is 18.0. The van der Waals surface area contributed by atoms with Gasteiger partial charge in [-0.15, -0.1) is 0 Å². The van der Waals surface area contributed by atoms with E-state index in [4.69, 9.17) is 4.74 Å². The van der Waals surface area contributed by atoms with Crippen molar-refractivity contribution in [2.45, 2.75) is 32.9 Å². The predicted octanol–water partition coefficient (Wildman–Crippen LogP) is 2.20. The smallest absolute Gasteiger partial charge is 0.337 e. The molecule has 0 aromatic heterocycles. The molecule has 0 spiro atoms. The molecule has 24 heavy (non-hydrogen) atoms. The van der Waals surface area contributed by atoms with E-state index in [1.807, 2.05) is 25.2 Å². The van der Waals surface area contributed by atoms with Crippen LogP contribution in [0.2, 0.25) is 0 Å². The zero-order valence-electron chi connectivity index (χ0n) is 14.6. The number of hydrogen-bond acceptors (Lipinski definition) is 4. The van der Waals surface area contributed by atoms with E-state index < -0.39 is 5.97 Å². The summed E-state index contributed by atoms with van der Waals surface area (Å²) < 4.78 is 5.14. The summed E-state index contributed by atoms with van der Waals surface area (Å²) in [5, 5.41) is 5.47. The minimum atomic E-state index is -0.395. The van der Waals surface area contributed by atoms with Crippen LogP contribution in [0.15, 0.2) is 41.6 Å². The summed E-state index contributed by atoms with van der Waals surface area (Å²) in [6.45, 7) is 6.38. The molecule has 0 saturated heterocycles. The summed E-state index contributed by atoms with van der Waals surface area (Å²) in [4.78, 5) is 26.1. The van der Waals surface area contributed by atoms with Crippen molar-refractivity contribution in [1.29, 1.82) is 0 Å². The molecule has 0 saturated carbocycles. The fourth-order valence-corrected chi connectivity index (χ4v) is 2.78. The molecular weight excluding hydrogens is 306 g/mol. The number of rotatable bonds is 6. The normalized spacial score (nSPS) is 18.9. The number of urea groups is 1. The van der Waals surface area contributed by atoms with Crippen LogP contribution in [-0.4, -0.2) is 43.1 Å². The van der Waals surface area contributed by atoms with Crippen molar-refractivity contribution < 1.29 is 14.3 Å². The lowest BCUT2D eigenvalue weighted by molar-refractivity contribution is -0.139. The van der Waals surface area contributed by atoms with E-state index in [9.17, 15) is 9.59 Å². The van der Waals surface area contributed by atoms with Crippen LogP contribution < -0.4 is 10.6 Å². The number of nitrogens with one attached hydrogen (secondary N) is 2. The molecule has 1 heterocycles. The van der Waals surface area contributed by atoms with Crippen molar-refractivity contribution in [3.63, 3.8) is 0 Å². The van der Waals surface area contributed by atoms with Crippen molar-refractivity contribution in [2.24, 2.45) is 0 Å². The Morgan fingerprint density at radius 1 is 1.33 bits per heavy atom. The van der Waals surface area contributed by atoms with Gasteiger partial charge in [0.05, 0.1) is 18.2 Å². The molecule has 6 heteroatoms. The van der Waals surface area contributed by atoms with Crippen molar-refractivity contribution in [2.75, 3.05) is 20.2 Å². The minimum Gasteiger partial charge on any atom is -0.463 e.